The lowest BCUT2D eigenvalue weighted by molar-refractivity contribution is -0.115. The number of para-hydroxylation sites is 1. The minimum absolute atomic E-state index is 0.225. The largest absolute Gasteiger partial charge is 0.326 e. The van der Waals surface area contributed by atoms with Gasteiger partial charge in [0, 0.05) is 18.3 Å². The Kier molecular flexibility index (Phi) is 6.22. The molecule has 0 fully saturated rings. The van der Waals surface area contributed by atoms with Crippen molar-refractivity contribution in [3.8, 4) is 0 Å². The molecule has 0 aliphatic rings. The molecule has 0 heterocycles. The molecule has 0 aliphatic carbocycles. The van der Waals surface area contributed by atoms with Crippen LogP contribution in [0.25, 0.3) is 0 Å². The van der Waals surface area contributed by atoms with Gasteiger partial charge in [0.05, 0.1) is 11.9 Å². The van der Waals surface area contributed by atoms with Crippen LogP contribution in [0.5, 0.6) is 0 Å². The highest BCUT2D eigenvalue weighted by Gasteiger charge is 2.23. The molecule has 27 heavy (non-hydrogen) atoms. The van der Waals surface area contributed by atoms with Crippen LogP contribution in [-0.2, 0) is 19.6 Å². The van der Waals surface area contributed by atoms with E-state index in [0.29, 0.717) is 17.1 Å². The van der Waals surface area contributed by atoms with Crippen molar-refractivity contribution in [3.05, 3.63) is 53.6 Å². The van der Waals surface area contributed by atoms with E-state index in [2.05, 4.69) is 10.6 Å². The number of anilines is 3. The Bertz CT molecular complexity index is 950. The summed E-state index contributed by atoms with van der Waals surface area (Å²) in [4.78, 5) is 23.6. The molecule has 0 spiro atoms. The standard InChI is InChI=1S/C19H23N3O4S/c1-13-7-5-8-14(2)19(13)22(27(4,25)26)12-18(24)21-17-10-6-9-16(11-17)20-15(3)23/h5-11H,12H2,1-4H3,(H,20,23)(H,21,24). The number of aryl methyl sites for hydroxylation is 2. The van der Waals surface area contributed by atoms with Crippen molar-refractivity contribution in [2.24, 2.45) is 0 Å². The Labute approximate surface area is 159 Å². The summed E-state index contributed by atoms with van der Waals surface area (Å²) in [6, 6.07) is 12.1. The van der Waals surface area contributed by atoms with Crippen molar-refractivity contribution in [1.29, 1.82) is 0 Å². The van der Waals surface area contributed by atoms with Gasteiger partial charge in [0.15, 0.2) is 0 Å². The van der Waals surface area contributed by atoms with Gasteiger partial charge in [0.25, 0.3) is 0 Å². The van der Waals surface area contributed by atoms with E-state index in [-0.39, 0.29) is 12.5 Å². The Morgan fingerprint density at radius 1 is 0.963 bits per heavy atom. The van der Waals surface area contributed by atoms with Crippen LogP contribution in [0, 0.1) is 13.8 Å². The number of benzene rings is 2. The fourth-order valence-electron chi connectivity index (χ4n) is 2.77. The highest BCUT2D eigenvalue weighted by molar-refractivity contribution is 7.92. The topological polar surface area (TPSA) is 95.6 Å². The first-order valence-electron chi connectivity index (χ1n) is 8.29. The number of nitrogens with one attached hydrogen (secondary N) is 2. The van der Waals surface area contributed by atoms with Gasteiger partial charge in [-0.3, -0.25) is 13.9 Å². The number of nitrogens with zero attached hydrogens (tertiary/aromatic N) is 1. The number of amides is 2. The van der Waals surface area contributed by atoms with Gasteiger partial charge in [0.2, 0.25) is 21.8 Å². The predicted octanol–water partition coefficient (Wildman–Crippen LogP) is 2.67. The number of carbonyl (C=O) groups excluding carboxylic acids is 2. The maximum absolute atomic E-state index is 12.5. The van der Waals surface area contributed by atoms with Crippen LogP contribution in [-0.4, -0.2) is 33.0 Å². The molecule has 0 saturated heterocycles. The van der Waals surface area contributed by atoms with E-state index < -0.39 is 15.9 Å². The third-order valence-electron chi connectivity index (χ3n) is 3.84. The van der Waals surface area contributed by atoms with E-state index in [9.17, 15) is 18.0 Å². The lowest BCUT2D eigenvalue weighted by Gasteiger charge is -2.25. The van der Waals surface area contributed by atoms with Gasteiger partial charge in [0.1, 0.15) is 6.54 Å². The molecule has 0 aromatic heterocycles. The fourth-order valence-corrected chi connectivity index (χ4v) is 3.74. The van der Waals surface area contributed by atoms with Crippen LogP contribution in [0.15, 0.2) is 42.5 Å². The summed E-state index contributed by atoms with van der Waals surface area (Å²) < 4.78 is 25.7. The van der Waals surface area contributed by atoms with Gasteiger partial charge in [-0.1, -0.05) is 24.3 Å². The van der Waals surface area contributed by atoms with E-state index in [1.807, 2.05) is 6.07 Å². The molecule has 0 saturated carbocycles. The van der Waals surface area contributed by atoms with E-state index in [0.717, 1.165) is 21.7 Å². The van der Waals surface area contributed by atoms with Crippen LogP contribution >= 0.6 is 0 Å². The van der Waals surface area contributed by atoms with Crippen LogP contribution < -0.4 is 14.9 Å². The molecular weight excluding hydrogens is 366 g/mol. The highest BCUT2D eigenvalue weighted by Crippen LogP contribution is 2.26. The second-order valence-electron chi connectivity index (χ2n) is 6.32. The summed E-state index contributed by atoms with van der Waals surface area (Å²) in [5.74, 6) is -0.709. The lowest BCUT2D eigenvalue weighted by Crippen LogP contribution is -2.38. The van der Waals surface area contributed by atoms with Crippen molar-refractivity contribution >= 4 is 38.9 Å². The van der Waals surface area contributed by atoms with E-state index >= 15 is 0 Å². The lowest BCUT2D eigenvalue weighted by atomic mass is 10.1. The van der Waals surface area contributed by atoms with Gasteiger partial charge in [-0.05, 0) is 43.2 Å². The second kappa shape index (κ2) is 8.22. The van der Waals surface area contributed by atoms with Crippen molar-refractivity contribution in [2.45, 2.75) is 20.8 Å². The molecule has 8 heteroatoms. The molecule has 0 atom stereocenters. The number of sulfonamides is 1. The first-order valence-corrected chi connectivity index (χ1v) is 10.1. The number of carbonyl (C=O) groups is 2. The minimum Gasteiger partial charge on any atom is -0.326 e. The summed E-state index contributed by atoms with van der Waals surface area (Å²) in [5.41, 5.74) is 3.03. The molecule has 144 valence electrons. The first kappa shape index (κ1) is 20.4. The highest BCUT2D eigenvalue weighted by atomic mass is 32.2. The Balaban J connectivity index is 2.24. The molecule has 0 unspecified atom stereocenters. The van der Waals surface area contributed by atoms with E-state index in [4.69, 9.17) is 0 Å². The number of hydrogen-bond donors (Lipinski definition) is 2. The maximum atomic E-state index is 12.5. The molecule has 0 aliphatic heterocycles. The van der Waals surface area contributed by atoms with Gasteiger partial charge in [-0.25, -0.2) is 8.42 Å². The molecule has 7 nitrogen and oxygen atoms in total. The smallest absolute Gasteiger partial charge is 0.245 e. The van der Waals surface area contributed by atoms with E-state index in [1.54, 1.807) is 50.2 Å². The normalized spacial score (nSPS) is 11.0. The summed E-state index contributed by atoms with van der Waals surface area (Å²) in [6.07, 6.45) is 1.07. The summed E-state index contributed by atoms with van der Waals surface area (Å²) in [6.45, 7) is 4.64. The van der Waals surface area contributed by atoms with E-state index in [1.165, 1.54) is 6.92 Å². The molecule has 2 aromatic rings. The van der Waals surface area contributed by atoms with Crippen LogP contribution in [0.3, 0.4) is 0 Å². The first-order chi connectivity index (χ1) is 12.6. The van der Waals surface area contributed by atoms with Crippen molar-refractivity contribution in [3.63, 3.8) is 0 Å². The average Bonchev–Trinajstić information content (AvgIpc) is 2.52. The van der Waals surface area contributed by atoms with Gasteiger partial charge >= 0.3 is 0 Å². The van der Waals surface area contributed by atoms with Crippen molar-refractivity contribution in [2.75, 3.05) is 27.7 Å². The quantitative estimate of drug-likeness (QED) is 0.794. The molecule has 2 amide bonds. The zero-order valence-electron chi connectivity index (χ0n) is 15.7. The maximum Gasteiger partial charge on any atom is 0.245 e. The minimum atomic E-state index is -3.66. The summed E-state index contributed by atoms with van der Waals surface area (Å²) >= 11 is 0. The third-order valence-corrected chi connectivity index (χ3v) is 4.96. The molecule has 0 bridgehead atoms. The zero-order chi connectivity index (χ0) is 20.2. The number of rotatable bonds is 6. The van der Waals surface area contributed by atoms with Gasteiger partial charge in [-0.15, -0.1) is 0 Å². The zero-order valence-corrected chi connectivity index (χ0v) is 16.6. The average molecular weight is 389 g/mol. The fraction of sp³-hybridized carbons (Fsp3) is 0.263. The van der Waals surface area contributed by atoms with Crippen LogP contribution in [0.4, 0.5) is 17.1 Å². The molecular formula is C19H23N3O4S. The summed E-state index contributed by atoms with van der Waals surface area (Å²) in [5, 5.41) is 5.30. The molecule has 0 radical (unpaired) electrons. The molecule has 2 N–H and O–H groups in total. The van der Waals surface area contributed by atoms with Crippen LogP contribution in [0.1, 0.15) is 18.1 Å². The molecule has 2 aromatic carbocycles. The second-order valence-corrected chi connectivity index (χ2v) is 8.23. The van der Waals surface area contributed by atoms with Crippen LogP contribution in [0.2, 0.25) is 0 Å². The Morgan fingerprint density at radius 3 is 2.00 bits per heavy atom. The summed E-state index contributed by atoms with van der Waals surface area (Å²) in [7, 11) is -3.66. The molecule has 2 rings (SSSR count). The SMILES string of the molecule is CC(=O)Nc1cccc(NC(=O)CN(c2c(C)cccc2C)S(C)(=O)=O)c1. The van der Waals surface area contributed by atoms with Crippen molar-refractivity contribution in [1.82, 2.24) is 0 Å². The monoisotopic (exact) mass is 389 g/mol. The number of hydrogen-bond acceptors (Lipinski definition) is 4. The Hall–Kier alpha value is -2.87. The van der Waals surface area contributed by atoms with Crippen molar-refractivity contribution < 1.29 is 18.0 Å². The van der Waals surface area contributed by atoms with Gasteiger partial charge in [-0.2, -0.15) is 0 Å². The predicted molar refractivity (Wildman–Crippen MR) is 107 cm³/mol. The van der Waals surface area contributed by atoms with Gasteiger partial charge < -0.3 is 10.6 Å². The Morgan fingerprint density at radius 2 is 1.48 bits per heavy atom. The third kappa shape index (κ3) is 5.55.